The summed E-state index contributed by atoms with van der Waals surface area (Å²) in [4.78, 5) is 12.5. The number of ether oxygens (including phenoxy) is 2. The maximum Gasteiger partial charge on any atom is 0.225 e. The van der Waals surface area contributed by atoms with Crippen molar-refractivity contribution in [2.24, 2.45) is 0 Å². The molecule has 1 heterocycles. The maximum absolute atomic E-state index is 12.9. The number of sulfone groups is 1. The van der Waals surface area contributed by atoms with Crippen molar-refractivity contribution in [2.45, 2.75) is 25.2 Å². The Balaban J connectivity index is 1.73. The number of aromatic nitrogens is 1. The molecule has 0 unspecified atom stereocenters. The highest BCUT2D eigenvalue weighted by molar-refractivity contribution is 7.91. The summed E-state index contributed by atoms with van der Waals surface area (Å²) in [5, 5.41) is 6.52. The van der Waals surface area contributed by atoms with E-state index in [9.17, 15) is 13.2 Å². The molecule has 1 aromatic heterocycles. The highest BCUT2D eigenvalue weighted by Gasteiger charge is 2.20. The van der Waals surface area contributed by atoms with Crippen LogP contribution in [0.15, 0.2) is 51.9 Å². The molecule has 0 atom stereocenters. The number of nitrogens with zero attached hydrogens (tertiary/aromatic N) is 1. The fourth-order valence-electron chi connectivity index (χ4n) is 3.03. The minimum absolute atomic E-state index is 0.162. The van der Waals surface area contributed by atoms with Gasteiger partial charge in [-0.15, -0.1) is 0 Å². The third-order valence-electron chi connectivity index (χ3n) is 4.67. The van der Waals surface area contributed by atoms with Crippen LogP contribution in [0.4, 0.5) is 5.69 Å². The molecule has 31 heavy (non-hydrogen) atoms. The Bertz CT molecular complexity index is 1180. The number of amides is 1. The minimum atomic E-state index is -3.70. The number of carbonyl (C=O) groups excluding carboxylic acids is 1. The monoisotopic (exact) mass is 444 g/mol. The molecule has 164 valence electrons. The summed E-state index contributed by atoms with van der Waals surface area (Å²) >= 11 is 0. The quantitative estimate of drug-likeness (QED) is 0.563. The van der Waals surface area contributed by atoms with Crippen molar-refractivity contribution in [1.82, 2.24) is 5.16 Å². The van der Waals surface area contributed by atoms with E-state index < -0.39 is 15.7 Å². The molecule has 2 aromatic carbocycles. The number of nitrogens with one attached hydrogen (secondary N) is 1. The van der Waals surface area contributed by atoms with E-state index in [1.54, 1.807) is 56.3 Å². The van der Waals surface area contributed by atoms with E-state index in [-0.39, 0.29) is 17.1 Å². The van der Waals surface area contributed by atoms with Gasteiger partial charge in [-0.2, -0.15) is 0 Å². The summed E-state index contributed by atoms with van der Waals surface area (Å²) in [5.41, 5.74) is 2.36. The molecule has 0 spiro atoms. The van der Waals surface area contributed by atoms with Crippen LogP contribution in [0, 0.1) is 13.8 Å². The Morgan fingerprint density at radius 1 is 1.03 bits per heavy atom. The van der Waals surface area contributed by atoms with Crippen LogP contribution in [0.5, 0.6) is 11.5 Å². The third kappa shape index (κ3) is 5.43. The normalized spacial score (nSPS) is 11.2. The van der Waals surface area contributed by atoms with Gasteiger partial charge in [0.2, 0.25) is 5.91 Å². The molecule has 0 aliphatic carbocycles. The maximum atomic E-state index is 12.9. The standard InChI is InChI=1S/C22H24N2O6S/c1-14-5-6-16(20-9-15(2)24-30-20)10-21(14)31(26,27)8-7-22(25)23-17-11-18(28-3)13-19(12-17)29-4/h5-6,9-13H,7-8H2,1-4H3,(H,23,25). The van der Waals surface area contributed by atoms with Gasteiger partial charge < -0.3 is 19.3 Å². The van der Waals surface area contributed by atoms with Crippen molar-refractivity contribution >= 4 is 21.4 Å². The Kier molecular flexibility index (Phi) is 6.65. The van der Waals surface area contributed by atoms with Gasteiger partial charge in [0.25, 0.3) is 0 Å². The number of hydrogen-bond acceptors (Lipinski definition) is 7. The first-order valence-electron chi connectivity index (χ1n) is 9.52. The van der Waals surface area contributed by atoms with E-state index in [0.29, 0.717) is 39.8 Å². The average Bonchev–Trinajstić information content (AvgIpc) is 3.18. The Morgan fingerprint density at radius 3 is 2.29 bits per heavy atom. The van der Waals surface area contributed by atoms with Crippen molar-refractivity contribution < 1.29 is 27.2 Å². The number of rotatable bonds is 8. The molecule has 3 rings (SSSR count). The van der Waals surface area contributed by atoms with E-state index >= 15 is 0 Å². The van der Waals surface area contributed by atoms with E-state index in [0.717, 1.165) is 0 Å². The van der Waals surface area contributed by atoms with Gasteiger partial charge in [0, 0.05) is 41.9 Å². The van der Waals surface area contributed by atoms with Crippen LogP contribution in [-0.4, -0.2) is 39.5 Å². The largest absolute Gasteiger partial charge is 0.497 e. The van der Waals surface area contributed by atoms with Crippen molar-refractivity contribution in [3.05, 3.63) is 53.7 Å². The van der Waals surface area contributed by atoms with Crippen LogP contribution < -0.4 is 14.8 Å². The van der Waals surface area contributed by atoms with Crippen molar-refractivity contribution in [1.29, 1.82) is 0 Å². The van der Waals surface area contributed by atoms with Gasteiger partial charge in [-0.05, 0) is 25.5 Å². The number of hydrogen-bond donors (Lipinski definition) is 1. The second-order valence-electron chi connectivity index (χ2n) is 7.03. The molecular formula is C22H24N2O6S. The fourth-order valence-corrected chi connectivity index (χ4v) is 4.57. The molecule has 0 aliphatic heterocycles. The van der Waals surface area contributed by atoms with Crippen LogP contribution >= 0.6 is 0 Å². The predicted octanol–water partition coefficient (Wildman–Crippen LogP) is 3.78. The summed E-state index contributed by atoms with van der Waals surface area (Å²) in [5.74, 6) is 0.742. The zero-order valence-electron chi connectivity index (χ0n) is 17.8. The second-order valence-corrected chi connectivity index (χ2v) is 9.11. The number of aryl methyl sites for hydroxylation is 2. The molecule has 9 heteroatoms. The zero-order chi connectivity index (χ0) is 22.6. The lowest BCUT2D eigenvalue weighted by molar-refractivity contribution is -0.115. The molecule has 0 bridgehead atoms. The lowest BCUT2D eigenvalue weighted by atomic mass is 10.1. The molecular weight excluding hydrogens is 420 g/mol. The van der Waals surface area contributed by atoms with Crippen molar-refractivity contribution in [2.75, 3.05) is 25.3 Å². The van der Waals surface area contributed by atoms with E-state index in [1.807, 2.05) is 0 Å². The summed E-state index contributed by atoms with van der Waals surface area (Å²) in [6, 6.07) is 11.7. The Labute approximate surface area is 181 Å². The van der Waals surface area contributed by atoms with Gasteiger partial charge in [-0.3, -0.25) is 4.79 Å². The minimum Gasteiger partial charge on any atom is -0.497 e. The van der Waals surface area contributed by atoms with Gasteiger partial charge >= 0.3 is 0 Å². The van der Waals surface area contributed by atoms with Gasteiger partial charge in [0.05, 0.1) is 30.6 Å². The molecule has 0 fully saturated rings. The average molecular weight is 445 g/mol. The van der Waals surface area contributed by atoms with Crippen LogP contribution in [0.1, 0.15) is 17.7 Å². The van der Waals surface area contributed by atoms with Crippen LogP contribution in [0.3, 0.4) is 0 Å². The number of anilines is 1. The van der Waals surface area contributed by atoms with Crippen molar-refractivity contribution in [3.8, 4) is 22.8 Å². The number of methoxy groups -OCH3 is 2. The SMILES string of the molecule is COc1cc(NC(=O)CCS(=O)(=O)c2cc(-c3cc(C)no3)ccc2C)cc(OC)c1. The van der Waals surface area contributed by atoms with Gasteiger partial charge in [0.1, 0.15) is 11.5 Å². The Hall–Kier alpha value is -3.33. The van der Waals surface area contributed by atoms with Gasteiger partial charge in [-0.1, -0.05) is 17.3 Å². The van der Waals surface area contributed by atoms with Crippen molar-refractivity contribution in [3.63, 3.8) is 0 Å². The molecule has 1 amide bonds. The highest BCUT2D eigenvalue weighted by atomic mass is 32.2. The number of carbonyl (C=O) groups is 1. The molecule has 0 saturated carbocycles. The molecule has 0 aliphatic rings. The lowest BCUT2D eigenvalue weighted by Crippen LogP contribution is -2.18. The fraction of sp³-hybridized carbons (Fsp3) is 0.273. The van der Waals surface area contributed by atoms with E-state index in [4.69, 9.17) is 14.0 Å². The molecule has 0 saturated heterocycles. The summed E-state index contributed by atoms with van der Waals surface area (Å²) in [6.45, 7) is 3.50. The first-order chi connectivity index (χ1) is 14.7. The number of benzene rings is 2. The zero-order valence-corrected chi connectivity index (χ0v) is 18.6. The molecule has 1 N–H and O–H groups in total. The first kappa shape index (κ1) is 22.4. The summed E-state index contributed by atoms with van der Waals surface area (Å²) < 4.78 is 41.4. The van der Waals surface area contributed by atoms with Crippen LogP contribution in [-0.2, 0) is 14.6 Å². The van der Waals surface area contributed by atoms with E-state index in [2.05, 4.69) is 10.5 Å². The second kappa shape index (κ2) is 9.22. The topological polar surface area (TPSA) is 108 Å². The molecule has 0 radical (unpaired) electrons. The Morgan fingerprint density at radius 2 is 1.71 bits per heavy atom. The smallest absolute Gasteiger partial charge is 0.225 e. The summed E-state index contributed by atoms with van der Waals surface area (Å²) in [7, 11) is -0.693. The lowest BCUT2D eigenvalue weighted by Gasteiger charge is -2.11. The predicted molar refractivity (Wildman–Crippen MR) is 116 cm³/mol. The first-order valence-corrected chi connectivity index (χ1v) is 11.2. The van der Waals surface area contributed by atoms with Crippen LogP contribution in [0.2, 0.25) is 0 Å². The van der Waals surface area contributed by atoms with Gasteiger partial charge in [-0.25, -0.2) is 8.42 Å². The third-order valence-corrected chi connectivity index (χ3v) is 6.52. The summed E-state index contributed by atoms with van der Waals surface area (Å²) in [6.07, 6.45) is -0.201. The van der Waals surface area contributed by atoms with Gasteiger partial charge in [0.15, 0.2) is 15.6 Å². The molecule has 8 nitrogen and oxygen atoms in total. The van der Waals surface area contributed by atoms with Crippen LogP contribution in [0.25, 0.3) is 11.3 Å². The molecule has 3 aromatic rings. The van der Waals surface area contributed by atoms with E-state index in [1.165, 1.54) is 14.2 Å². The highest BCUT2D eigenvalue weighted by Crippen LogP contribution is 2.28.